The van der Waals surface area contributed by atoms with Gasteiger partial charge in [-0.1, -0.05) is 0 Å². The van der Waals surface area contributed by atoms with Gasteiger partial charge in [-0.15, -0.1) is 0 Å². The zero-order valence-corrected chi connectivity index (χ0v) is 17.6. The summed E-state index contributed by atoms with van der Waals surface area (Å²) in [5, 5.41) is 99.6. The van der Waals surface area contributed by atoms with Crippen LogP contribution in [0.4, 0.5) is 0 Å². The van der Waals surface area contributed by atoms with Crippen molar-refractivity contribution in [3.63, 3.8) is 0 Å². The maximum absolute atomic E-state index is 10.6. The van der Waals surface area contributed by atoms with Crippen LogP contribution in [0.15, 0.2) is 0 Å². The molecular formula is C18H32O15. The van der Waals surface area contributed by atoms with Gasteiger partial charge in [0.05, 0.1) is 19.3 Å². The molecule has 3 aliphatic rings. The summed E-state index contributed by atoms with van der Waals surface area (Å²) in [7, 11) is 0. The van der Waals surface area contributed by atoms with Crippen molar-refractivity contribution in [2.75, 3.05) is 13.2 Å². The molecule has 0 amide bonds. The third-order valence-corrected chi connectivity index (χ3v) is 6.05. The van der Waals surface area contributed by atoms with Crippen molar-refractivity contribution in [1.29, 1.82) is 0 Å². The molecule has 3 heterocycles. The van der Waals surface area contributed by atoms with Crippen molar-refractivity contribution < 1.29 is 74.7 Å². The molecule has 3 aliphatic heterocycles. The fourth-order valence-electron chi connectivity index (χ4n) is 4.01. The van der Waals surface area contributed by atoms with Gasteiger partial charge in [0.1, 0.15) is 67.1 Å². The van der Waals surface area contributed by atoms with Crippen molar-refractivity contribution in [3.05, 3.63) is 0 Å². The predicted molar refractivity (Wildman–Crippen MR) is 99.8 cm³/mol. The van der Waals surface area contributed by atoms with Crippen molar-refractivity contribution in [1.82, 2.24) is 0 Å². The summed E-state index contributed by atoms with van der Waals surface area (Å²) in [5.41, 5.74) is 0. The third-order valence-electron chi connectivity index (χ3n) is 6.05. The summed E-state index contributed by atoms with van der Waals surface area (Å²) in [6, 6.07) is 0. The van der Waals surface area contributed by atoms with E-state index in [9.17, 15) is 51.1 Å². The average molecular weight is 488 g/mol. The summed E-state index contributed by atoms with van der Waals surface area (Å²) in [5.74, 6) is 0. The second-order valence-corrected chi connectivity index (χ2v) is 8.32. The Balaban J connectivity index is 1.82. The highest BCUT2D eigenvalue weighted by Crippen LogP contribution is 2.32. The fourth-order valence-corrected chi connectivity index (χ4v) is 4.01. The molecule has 0 aromatic heterocycles. The molecule has 0 aliphatic carbocycles. The normalized spacial score (nSPS) is 53.7. The van der Waals surface area contributed by atoms with E-state index in [0.29, 0.717) is 0 Å². The monoisotopic (exact) mass is 488 g/mol. The third kappa shape index (κ3) is 5.32. The van der Waals surface area contributed by atoms with Crippen LogP contribution in [0.2, 0.25) is 0 Å². The second-order valence-electron chi connectivity index (χ2n) is 8.32. The summed E-state index contributed by atoms with van der Waals surface area (Å²) in [4.78, 5) is 0. The minimum Gasteiger partial charge on any atom is -0.394 e. The SMILES string of the molecule is C[C@@H]1OC(O)[C@H](O)[C@H](O)[C@H]1O[C@@H]1O[C@H](CO)[C@@H](O)[C@H](O)[C@@H]1O[C@H]1O[C@H](CO)[C@H](O)[C@H](O)[C@H]1O. The lowest BCUT2D eigenvalue weighted by Crippen LogP contribution is -2.66. The summed E-state index contributed by atoms with van der Waals surface area (Å²) in [6.07, 6.45) is -24.0. The smallest absolute Gasteiger partial charge is 0.187 e. The summed E-state index contributed by atoms with van der Waals surface area (Å²) < 4.78 is 26.9. The topological polar surface area (TPSA) is 248 Å². The van der Waals surface area contributed by atoms with E-state index in [4.69, 9.17) is 23.7 Å². The first-order valence-electron chi connectivity index (χ1n) is 10.4. The molecule has 0 spiro atoms. The van der Waals surface area contributed by atoms with Crippen LogP contribution >= 0.6 is 0 Å². The maximum Gasteiger partial charge on any atom is 0.187 e. The lowest BCUT2D eigenvalue weighted by Gasteiger charge is -2.48. The van der Waals surface area contributed by atoms with Crippen LogP contribution in [0.5, 0.6) is 0 Å². The minimum absolute atomic E-state index is 0.743. The van der Waals surface area contributed by atoms with Gasteiger partial charge in [0.15, 0.2) is 18.9 Å². The van der Waals surface area contributed by atoms with Crippen molar-refractivity contribution in [2.45, 2.75) is 99.0 Å². The van der Waals surface area contributed by atoms with Crippen molar-refractivity contribution >= 4 is 0 Å². The van der Waals surface area contributed by atoms with Gasteiger partial charge >= 0.3 is 0 Å². The van der Waals surface area contributed by atoms with Crippen molar-refractivity contribution in [2.24, 2.45) is 0 Å². The first kappa shape index (κ1) is 27.0. The maximum atomic E-state index is 10.6. The quantitative estimate of drug-likeness (QED) is 0.167. The molecule has 0 aromatic carbocycles. The van der Waals surface area contributed by atoms with Gasteiger partial charge in [-0.05, 0) is 6.92 Å². The highest BCUT2D eigenvalue weighted by atomic mass is 16.8. The molecule has 0 aromatic rings. The molecule has 15 atom stereocenters. The molecule has 0 radical (unpaired) electrons. The summed E-state index contributed by atoms with van der Waals surface area (Å²) in [6.45, 7) is -0.0768. The van der Waals surface area contributed by atoms with Crippen molar-refractivity contribution in [3.8, 4) is 0 Å². The Morgan fingerprint density at radius 2 is 1.03 bits per heavy atom. The molecule has 3 rings (SSSR count). The molecule has 1 unspecified atom stereocenters. The first-order chi connectivity index (χ1) is 15.5. The number of hydrogen-bond acceptors (Lipinski definition) is 15. The number of ether oxygens (including phenoxy) is 5. The van der Waals surface area contributed by atoms with E-state index in [1.165, 1.54) is 6.92 Å². The molecule has 10 N–H and O–H groups in total. The molecule has 194 valence electrons. The van der Waals surface area contributed by atoms with E-state index in [1.54, 1.807) is 0 Å². The van der Waals surface area contributed by atoms with E-state index in [0.717, 1.165) is 0 Å². The predicted octanol–water partition coefficient (Wildman–Crippen LogP) is -6.55. The Labute approximate surface area is 187 Å². The highest BCUT2D eigenvalue weighted by molar-refractivity contribution is 4.95. The van der Waals surface area contributed by atoms with Gasteiger partial charge in [-0.3, -0.25) is 0 Å². The zero-order valence-electron chi connectivity index (χ0n) is 17.6. The molecule has 3 saturated heterocycles. The van der Waals surface area contributed by atoms with Gasteiger partial charge in [-0.2, -0.15) is 0 Å². The van der Waals surface area contributed by atoms with Gasteiger partial charge in [0, 0.05) is 0 Å². The standard InChI is InChI=1S/C18H32O15/c1-4-14(11(25)12(26)16(28)29-4)32-18-15(10(24)8(22)6(3-20)31-18)33-17-13(27)9(23)7(21)5(2-19)30-17/h4-28H,2-3H2,1H3/t4-,5+,6+,7-,8+,9-,10-,11-,12+,13+,14-,15-,16?,17+,18-/m0/s1. The minimum atomic E-state index is -1.84. The van der Waals surface area contributed by atoms with Crippen LogP contribution in [0.25, 0.3) is 0 Å². The average Bonchev–Trinajstić information content (AvgIpc) is 2.79. The Bertz CT molecular complexity index is 624. The Morgan fingerprint density at radius 1 is 0.545 bits per heavy atom. The number of rotatable bonds is 6. The van der Waals surface area contributed by atoms with Crippen LogP contribution in [0, 0.1) is 0 Å². The number of aliphatic hydroxyl groups is 10. The lowest BCUT2D eigenvalue weighted by atomic mass is 9.96. The molecule has 0 saturated carbocycles. The van der Waals surface area contributed by atoms with Crippen LogP contribution in [0.3, 0.4) is 0 Å². The van der Waals surface area contributed by atoms with E-state index >= 15 is 0 Å². The lowest BCUT2D eigenvalue weighted by molar-refractivity contribution is -0.385. The summed E-state index contributed by atoms with van der Waals surface area (Å²) >= 11 is 0. The van der Waals surface area contributed by atoms with Gasteiger partial charge < -0.3 is 74.7 Å². The van der Waals surface area contributed by atoms with Gasteiger partial charge in [-0.25, -0.2) is 0 Å². The highest BCUT2D eigenvalue weighted by Gasteiger charge is 2.53. The Morgan fingerprint density at radius 3 is 1.61 bits per heavy atom. The first-order valence-corrected chi connectivity index (χ1v) is 10.4. The number of aliphatic hydroxyl groups excluding tert-OH is 10. The molecular weight excluding hydrogens is 456 g/mol. The van der Waals surface area contributed by atoms with E-state index in [-0.39, 0.29) is 0 Å². The van der Waals surface area contributed by atoms with Crippen LogP contribution in [-0.2, 0) is 23.7 Å². The van der Waals surface area contributed by atoms with E-state index < -0.39 is 105 Å². The van der Waals surface area contributed by atoms with E-state index in [1.807, 2.05) is 0 Å². The molecule has 33 heavy (non-hydrogen) atoms. The Kier molecular flexibility index (Phi) is 8.99. The van der Waals surface area contributed by atoms with E-state index in [2.05, 4.69) is 0 Å². The van der Waals surface area contributed by atoms with Gasteiger partial charge in [0.2, 0.25) is 0 Å². The van der Waals surface area contributed by atoms with Crippen LogP contribution in [0.1, 0.15) is 6.92 Å². The van der Waals surface area contributed by atoms with Crippen LogP contribution < -0.4 is 0 Å². The zero-order chi connectivity index (χ0) is 24.6. The molecule has 15 heteroatoms. The molecule has 15 nitrogen and oxygen atoms in total. The fraction of sp³-hybridized carbons (Fsp3) is 1.00. The molecule has 3 fully saturated rings. The largest absolute Gasteiger partial charge is 0.394 e. The van der Waals surface area contributed by atoms with Crippen LogP contribution in [-0.4, -0.2) is 156 Å². The van der Waals surface area contributed by atoms with Gasteiger partial charge in [0.25, 0.3) is 0 Å². The Hall–Kier alpha value is -0.600. The second kappa shape index (κ2) is 11.0. The molecule has 0 bridgehead atoms. The number of hydrogen-bond donors (Lipinski definition) is 10.